The lowest BCUT2D eigenvalue weighted by Gasteiger charge is -2.13. The first-order valence-electron chi connectivity index (χ1n) is 6.94. The first kappa shape index (κ1) is 15.7. The van der Waals surface area contributed by atoms with Gasteiger partial charge in [-0.25, -0.2) is 13.1 Å². The topological polar surface area (TPSA) is 72.2 Å². The molecule has 0 heterocycles. The van der Waals surface area contributed by atoms with E-state index in [9.17, 15) is 8.42 Å². The first-order valence-corrected chi connectivity index (χ1v) is 9.64. The largest absolute Gasteiger partial charge is 0.399 e. The Morgan fingerprint density at radius 1 is 1.40 bits per heavy atom. The van der Waals surface area contributed by atoms with Crippen LogP contribution >= 0.6 is 11.8 Å². The molecule has 0 spiro atoms. The maximum absolute atomic E-state index is 12.2. The second kappa shape index (κ2) is 6.83. The van der Waals surface area contributed by atoms with Gasteiger partial charge in [0.2, 0.25) is 10.0 Å². The fourth-order valence-electron chi connectivity index (χ4n) is 2.63. The van der Waals surface area contributed by atoms with Gasteiger partial charge in [-0.1, -0.05) is 19.1 Å². The van der Waals surface area contributed by atoms with E-state index < -0.39 is 10.0 Å². The maximum atomic E-state index is 12.2. The second-order valence-electron chi connectivity index (χ2n) is 5.21. The van der Waals surface area contributed by atoms with Crippen LogP contribution in [-0.4, -0.2) is 25.5 Å². The summed E-state index contributed by atoms with van der Waals surface area (Å²) in [5.41, 5.74) is 7.00. The Balaban J connectivity index is 1.92. The molecule has 1 aromatic rings. The third-order valence-electron chi connectivity index (χ3n) is 3.44. The zero-order valence-electron chi connectivity index (χ0n) is 11.7. The van der Waals surface area contributed by atoms with E-state index in [2.05, 4.69) is 11.6 Å². The molecular weight excluding hydrogens is 292 g/mol. The lowest BCUT2D eigenvalue weighted by molar-refractivity contribution is 0.552. The van der Waals surface area contributed by atoms with Gasteiger partial charge < -0.3 is 5.73 Å². The van der Waals surface area contributed by atoms with Gasteiger partial charge >= 0.3 is 0 Å². The van der Waals surface area contributed by atoms with Gasteiger partial charge in [0.15, 0.2) is 0 Å². The molecule has 2 atom stereocenters. The van der Waals surface area contributed by atoms with Crippen molar-refractivity contribution in [1.82, 2.24) is 4.72 Å². The summed E-state index contributed by atoms with van der Waals surface area (Å²) in [6.45, 7) is 2.14. The Bertz CT molecular complexity index is 546. The van der Waals surface area contributed by atoms with E-state index in [-0.39, 0.29) is 11.8 Å². The summed E-state index contributed by atoms with van der Waals surface area (Å²) >= 11 is 1.92. The van der Waals surface area contributed by atoms with Crippen molar-refractivity contribution in [1.29, 1.82) is 0 Å². The van der Waals surface area contributed by atoms with E-state index in [1.807, 2.05) is 11.8 Å². The fraction of sp³-hybridized carbons (Fsp3) is 0.571. The molecule has 6 heteroatoms. The van der Waals surface area contributed by atoms with E-state index >= 15 is 0 Å². The minimum absolute atomic E-state index is 0.000126. The van der Waals surface area contributed by atoms with Crippen LogP contribution in [0, 0.1) is 0 Å². The van der Waals surface area contributed by atoms with Crippen molar-refractivity contribution in [2.45, 2.75) is 43.2 Å². The van der Waals surface area contributed by atoms with Gasteiger partial charge in [0, 0.05) is 17.0 Å². The highest BCUT2D eigenvalue weighted by atomic mass is 32.2. The molecule has 2 rings (SSSR count). The number of sulfonamides is 1. The number of nitrogen functional groups attached to an aromatic ring is 1. The zero-order chi connectivity index (χ0) is 14.6. The summed E-state index contributed by atoms with van der Waals surface area (Å²) in [6, 6.07) is 7.13. The number of nitrogens with two attached hydrogens (primary N) is 1. The maximum Gasteiger partial charge on any atom is 0.216 e. The molecule has 1 saturated carbocycles. The van der Waals surface area contributed by atoms with Gasteiger partial charge in [-0.05, 0) is 42.7 Å². The van der Waals surface area contributed by atoms with Crippen LogP contribution in [0.25, 0.3) is 0 Å². The molecule has 1 aromatic carbocycles. The Morgan fingerprint density at radius 2 is 2.20 bits per heavy atom. The SMILES string of the molecule is CCSC1CCC(NS(=O)(=O)Cc2cccc(N)c2)C1. The van der Waals surface area contributed by atoms with Crippen molar-refractivity contribution in [3.8, 4) is 0 Å². The van der Waals surface area contributed by atoms with Crippen molar-refractivity contribution < 1.29 is 8.42 Å². The Kier molecular flexibility index (Phi) is 5.35. The molecule has 20 heavy (non-hydrogen) atoms. The van der Waals surface area contributed by atoms with E-state index in [0.29, 0.717) is 10.9 Å². The number of hydrogen-bond donors (Lipinski definition) is 2. The normalized spacial score (nSPS) is 23.1. The average Bonchev–Trinajstić information content (AvgIpc) is 2.75. The molecule has 0 radical (unpaired) electrons. The summed E-state index contributed by atoms with van der Waals surface area (Å²) in [5.74, 6) is 1.09. The van der Waals surface area contributed by atoms with Gasteiger partial charge in [0.25, 0.3) is 0 Å². The molecule has 0 aliphatic heterocycles. The number of anilines is 1. The van der Waals surface area contributed by atoms with Gasteiger partial charge in [-0.3, -0.25) is 0 Å². The third kappa shape index (κ3) is 4.68. The average molecular weight is 314 g/mol. The quantitative estimate of drug-likeness (QED) is 0.791. The summed E-state index contributed by atoms with van der Waals surface area (Å²) in [4.78, 5) is 0. The molecule has 1 aliphatic rings. The fourth-order valence-corrected chi connectivity index (χ4v) is 5.20. The third-order valence-corrected chi connectivity index (χ3v) is 6.08. The van der Waals surface area contributed by atoms with E-state index in [1.54, 1.807) is 24.3 Å². The van der Waals surface area contributed by atoms with Crippen molar-refractivity contribution in [3.63, 3.8) is 0 Å². The van der Waals surface area contributed by atoms with Crippen molar-refractivity contribution >= 4 is 27.5 Å². The lowest BCUT2D eigenvalue weighted by atomic mass is 10.2. The summed E-state index contributed by atoms with van der Waals surface area (Å²) in [7, 11) is -3.29. The van der Waals surface area contributed by atoms with Crippen LogP contribution < -0.4 is 10.5 Å². The van der Waals surface area contributed by atoms with Crippen molar-refractivity contribution in [2.75, 3.05) is 11.5 Å². The summed E-state index contributed by atoms with van der Waals surface area (Å²) in [6.07, 6.45) is 2.98. The Labute approximate surface area is 125 Å². The standard InChI is InChI=1S/C14H22N2O2S2/c1-2-19-14-7-6-13(9-14)16-20(17,18)10-11-4-3-5-12(15)8-11/h3-5,8,13-14,16H,2,6-7,9-10,15H2,1H3. The number of benzene rings is 1. The monoisotopic (exact) mass is 314 g/mol. The smallest absolute Gasteiger partial charge is 0.216 e. The summed E-state index contributed by atoms with van der Waals surface area (Å²) in [5, 5.41) is 0.597. The molecule has 0 aromatic heterocycles. The number of hydrogen-bond acceptors (Lipinski definition) is 4. The highest BCUT2D eigenvalue weighted by molar-refractivity contribution is 7.99. The molecular formula is C14H22N2O2S2. The molecule has 0 saturated heterocycles. The van der Waals surface area contributed by atoms with E-state index in [0.717, 1.165) is 30.6 Å². The van der Waals surface area contributed by atoms with Crippen LogP contribution in [0.2, 0.25) is 0 Å². The van der Waals surface area contributed by atoms with Crippen molar-refractivity contribution in [2.24, 2.45) is 0 Å². The minimum atomic E-state index is -3.29. The van der Waals surface area contributed by atoms with E-state index in [4.69, 9.17) is 5.73 Å². The second-order valence-corrected chi connectivity index (χ2v) is 8.54. The molecule has 0 bridgehead atoms. The highest BCUT2D eigenvalue weighted by Crippen LogP contribution is 2.30. The number of rotatable bonds is 6. The lowest BCUT2D eigenvalue weighted by Crippen LogP contribution is -2.34. The molecule has 0 amide bonds. The van der Waals surface area contributed by atoms with Crippen LogP contribution in [0.1, 0.15) is 31.7 Å². The molecule has 1 fully saturated rings. The first-order chi connectivity index (χ1) is 9.48. The van der Waals surface area contributed by atoms with Crippen LogP contribution in [0.4, 0.5) is 5.69 Å². The Hall–Kier alpha value is -0.720. The van der Waals surface area contributed by atoms with Crippen LogP contribution in [0.5, 0.6) is 0 Å². The van der Waals surface area contributed by atoms with Crippen molar-refractivity contribution in [3.05, 3.63) is 29.8 Å². The van der Waals surface area contributed by atoms with Gasteiger partial charge in [-0.15, -0.1) is 0 Å². The number of nitrogens with one attached hydrogen (secondary N) is 1. The molecule has 4 nitrogen and oxygen atoms in total. The van der Waals surface area contributed by atoms with Gasteiger partial charge in [0.05, 0.1) is 5.75 Å². The van der Waals surface area contributed by atoms with Gasteiger partial charge in [0.1, 0.15) is 0 Å². The number of thioether (sulfide) groups is 1. The van der Waals surface area contributed by atoms with Crippen LogP contribution in [0.3, 0.4) is 0 Å². The Morgan fingerprint density at radius 3 is 2.90 bits per heavy atom. The molecule has 2 unspecified atom stereocenters. The predicted octanol–water partition coefficient (Wildman–Crippen LogP) is 2.36. The van der Waals surface area contributed by atoms with Crippen LogP contribution in [-0.2, 0) is 15.8 Å². The predicted molar refractivity (Wildman–Crippen MR) is 86.2 cm³/mol. The minimum Gasteiger partial charge on any atom is -0.399 e. The highest BCUT2D eigenvalue weighted by Gasteiger charge is 2.27. The van der Waals surface area contributed by atoms with Crippen LogP contribution in [0.15, 0.2) is 24.3 Å². The summed E-state index contributed by atoms with van der Waals surface area (Å²) < 4.78 is 27.2. The van der Waals surface area contributed by atoms with E-state index in [1.165, 1.54) is 0 Å². The zero-order valence-corrected chi connectivity index (χ0v) is 13.3. The van der Waals surface area contributed by atoms with Gasteiger partial charge in [-0.2, -0.15) is 11.8 Å². The molecule has 1 aliphatic carbocycles. The molecule has 112 valence electrons. The molecule has 3 N–H and O–H groups in total.